The van der Waals surface area contributed by atoms with E-state index < -0.39 is 0 Å². The van der Waals surface area contributed by atoms with Gasteiger partial charge in [-0.15, -0.1) is 0 Å². The number of nitrogens with one attached hydrogen (secondary N) is 1. The molecule has 0 radical (unpaired) electrons. The molecule has 222 valence electrons. The van der Waals surface area contributed by atoms with Crippen molar-refractivity contribution in [1.29, 1.82) is 0 Å². The Morgan fingerprint density at radius 2 is 1.34 bits per heavy atom. The number of nitrogens with two attached hydrogens (primary N) is 2. The minimum Gasteiger partial charge on any atom is -0.352 e. The van der Waals surface area contributed by atoms with E-state index >= 15 is 0 Å². The number of nitrogens with zero attached hydrogens (tertiary/aromatic N) is 1. The van der Waals surface area contributed by atoms with Crippen LogP contribution in [0.15, 0.2) is 12.2 Å². The Balaban J connectivity index is 4.22. The van der Waals surface area contributed by atoms with E-state index in [1.165, 1.54) is 62.7 Å². The summed E-state index contributed by atoms with van der Waals surface area (Å²) >= 11 is 0. The lowest BCUT2D eigenvalue weighted by Crippen LogP contribution is -2.62. The lowest BCUT2D eigenvalue weighted by Gasteiger charge is -2.27. The molecular weight excluding hydrogens is 478 g/mol. The maximum atomic E-state index is 12.6. The Labute approximate surface area is 232 Å². The second-order valence-electron chi connectivity index (χ2n) is 10.6. The zero-order valence-corrected chi connectivity index (χ0v) is 24.5. The minimum atomic E-state index is -0.313. The van der Waals surface area contributed by atoms with E-state index in [-0.39, 0.29) is 30.3 Å². The Kier molecular flexibility index (Phi) is 25.6. The van der Waals surface area contributed by atoms with E-state index in [9.17, 15) is 14.4 Å². The number of hydrogen-bond donors (Lipinski definition) is 4. The van der Waals surface area contributed by atoms with Crippen LogP contribution in [0.1, 0.15) is 129 Å². The van der Waals surface area contributed by atoms with Gasteiger partial charge in [0.25, 0.3) is 0 Å². The molecule has 0 fully saturated rings. The fraction of sp³-hybridized carbons (Fsp3) is 0.833. The molecular formula is C30H60N5O3+. The predicted molar refractivity (Wildman–Crippen MR) is 157 cm³/mol. The van der Waals surface area contributed by atoms with E-state index in [2.05, 4.69) is 30.1 Å². The topological polar surface area (TPSA) is 146 Å². The first kappa shape index (κ1) is 36.2. The van der Waals surface area contributed by atoms with Crippen molar-refractivity contribution in [1.82, 2.24) is 10.2 Å². The first-order valence-electron chi connectivity index (χ1n) is 15.4. The van der Waals surface area contributed by atoms with Gasteiger partial charge in [-0.1, -0.05) is 76.9 Å². The van der Waals surface area contributed by atoms with Crippen molar-refractivity contribution >= 4 is 17.7 Å². The SMILES string of the molecule is CCCCCCCCC=CCCCCCCCC(=O)NC(CCCCN)CN(CC([NH3+])=O)C(=O)CCCN. The van der Waals surface area contributed by atoms with Crippen molar-refractivity contribution in [3.63, 3.8) is 0 Å². The van der Waals surface area contributed by atoms with E-state index in [1.54, 1.807) is 0 Å². The van der Waals surface area contributed by atoms with Crippen LogP contribution in [0.4, 0.5) is 0 Å². The highest BCUT2D eigenvalue weighted by Crippen LogP contribution is 2.11. The second-order valence-corrected chi connectivity index (χ2v) is 10.6. The third-order valence-electron chi connectivity index (χ3n) is 6.79. The van der Waals surface area contributed by atoms with Gasteiger partial charge in [-0.05, 0) is 64.5 Å². The lowest BCUT2D eigenvalue weighted by molar-refractivity contribution is -0.306. The highest BCUT2D eigenvalue weighted by molar-refractivity contribution is 5.81. The molecule has 8 heteroatoms. The summed E-state index contributed by atoms with van der Waals surface area (Å²) in [7, 11) is 0. The van der Waals surface area contributed by atoms with Crippen LogP contribution in [-0.2, 0) is 14.4 Å². The number of carbonyl (C=O) groups is 3. The second kappa shape index (κ2) is 26.8. The molecule has 1 atom stereocenters. The smallest absolute Gasteiger partial charge is 0.328 e. The number of hydrogen-bond acceptors (Lipinski definition) is 5. The van der Waals surface area contributed by atoms with Crippen molar-refractivity contribution in [3.8, 4) is 0 Å². The molecule has 0 aliphatic rings. The van der Waals surface area contributed by atoms with Crippen molar-refractivity contribution in [2.45, 2.75) is 135 Å². The fourth-order valence-corrected chi connectivity index (χ4v) is 4.55. The molecule has 0 aliphatic carbocycles. The molecule has 8 nitrogen and oxygen atoms in total. The zero-order valence-electron chi connectivity index (χ0n) is 24.5. The Bertz CT molecular complexity index is 627. The van der Waals surface area contributed by atoms with Gasteiger partial charge in [0, 0.05) is 25.4 Å². The summed E-state index contributed by atoms with van der Waals surface area (Å²) in [6, 6.07) is -0.196. The van der Waals surface area contributed by atoms with Gasteiger partial charge in [0.05, 0.1) is 0 Å². The molecule has 38 heavy (non-hydrogen) atoms. The van der Waals surface area contributed by atoms with Crippen molar-refractivity contribution in [2.24, 2.45) is 11.5 Å². The molecule has 0 rings (SSSR count). The first-order valence-corrected chi connectivity index (χ1v) is 15.4. The highest BCUT2D eigenvalue weighted by atomic mass is 16.2. The number of rotatable bonds is 27. The average Bonchev–Trinajstić information content (AvgIpc) is 2.88. The standard InChI is InChI=1S/C30H59N5O3/c1-2-3-4-5-6-7-8-9-10-11-12-13-14-15-16-21-29(37)34-27(20-17-18-23-31)25-35(26-28(33)36)30(38)22-19-24-32/h9-10,27H,2-8,11-26,31-32H2,1H3,(H2,33,36)(H,34,37)/p+1. The Hall–Kier alpha value is -1.77. The lowest BCUT2D eigenvalue weighted by atomic mass is 10.1. The largest absolute Gasteiger partial charge is 0.352 e. The molecule has 1 unspecified atom stereocenters. The summed E-state index contributed by atoms with van der Waals surface area (Å²) in [4.78, 5) is 38.3. The number of amides is 3. The normalized spacial score (nSPS) is 12.1. The number of allylic oxidation sites excluding steroid dienone is 2. The highest BCUT2D eigenvalue weighted by Gasteiger charge is 2.22. The quantitative estimate of drug-likeness (QED) is 0.0923. The van der Waals surface area contributed by atoms with E-state index in [0.29, 0.717) is 38.9 Å². The zero-order chi connectivity index (χ0) is 28.3. The maximum absolute atomic E-state index is 12.6. The van der Waals surface area contributed by atoms with Crippen LogP contribution < -0.4 is 22.5 Å². The third kappa shape index (κ3) is 23.4. The van der Waals surface area contributed by atoms with Gasteiger partial charge in [0.15, 0.2) is 0 Å². The summed E-state index contributed by atoms with van der Waals surface area (Å²) in [6.07, 6.45) is 24.4. The van der Waals surface area contributed by atoms with Crippen LogP contribution in [0.3, 0.4) is 0 Å². The maximum Gasteiger partial charge on any atom is 0.328 e. The average molecular weight is 539 g/mol. The van der Waals surface area contributed by atoms with Crippen molar-refractivity contribution < 1.29 is 20.1 Å². The van der Waals surface area contributed by atoms with Crippen LogP contribution in [0.25, 0.3) is 0 Å². The van der Waals surface area contributed by atoms with Gasteiger partial charge in [-0.2, -0.15) is 0 Å². The molecule has 0 saturated carbocycles. The van der Waals surface area contributed by atoms with Crippen LogP contribution in [0.5, 0.6) is 0 Å². The molecule has 0 bridgehead atoms. The van der Waals surface area contributed by atoms with Crippen LogP contribution in [0, 0.1) is 0 Å². The van der Waals surface area contributed by atoms with Gasteiger partial charge < -0.3 is 21.7 Å². The van der Waals surface area contributed by atoms with Crippen LogP contribution in [-0.4, -0.2) is 54.8 Å². The summed E-state index contributed by atoms with van der Waals surface area (Å²) in [5, 5.41) is 3.10. The molecule has 0 aliphatic heterocycles. The summed E-state index contributed by atoms with van der Waals surface area (Å²) in [6.45, 7) is 3.54. The van der Waals surface area contributed by atoms with Crippen LogP contribution in [0.2, 0.25) is 0 Å². The molecule has 8 N–H and O–H groups in total. The number of unbranched alkanes of at least 4 members (excludes halogenated alkanes) is 12. The number of carbonyl (C=O) groups excluding carboxylic acids is 3. The van der Waals surface area contributed by atoms with Gasteiger partial charge in [0.2, 0.25) is 11.8 Å². The van der Waals surface area contributed by atoms with E-state index in [1.807, 2.05) is 0 Å². The van der Waals surface area contributed by atoms with Crippen molar-refractivity contribution in [2.75, 3.05) is 26.2 Å². The van der Waals surface area contributed by atoms with Gasteiger partial charge in [0.1, 0.15) is 6.54 Å². The molecule has 0 heterocycles. The Morgan fingerprint density at radius 3 is 1.92 bits per heavy atom. The fourth-order valence-electron chi connectivity index (χ4n) is 4.55. The van der Waals surface area contributed by atoms with Crippen LogP contribution >= 0.6 is 0 Å². The van der Waals surface area contributed by atoms with Gasteiger partial charge in [-0.3, -0.25) is 15.3 Å². The molecule has 0 spiro atoms. The summed E-state index contributed by atoms with van der Waals surface area (Å²) < 4.78 is 0. The third-order valence-corrected chi connectivity index (χ3v) is 6.79. The first-order chi connectivity index (χ1) is 18.4. The molecule has 3 amide bonds. The predicted octanol–water partition coefficient (Wildman–Crippen LogP) is 3.97. The van der Waals surface area contributed by atoms with E-state index in [0.717, 1.165) is 44.9 Å². The van der Waals surface area contributed by atoms with Crippen molar-refractivity contribution in [3.05, 3.63) is 12.2 Å². The molecule has 0 aromatic heterocycles. The summed E-state index contributed by atoms with van der Waals surface area (Å²) in [5.41, 5.74) is 14.6. The Morgan fingerprint density at radius 1 is 0.763 bits per heavy atom. The van der Waals surface area contributed by atoms with Gasteiger partial charge in [-0.25, -0.2) is 4.79 Å². The molecule has 0 aromatic rings. The van der Waals surface area contributed by atoms with E-state index in [4.69, 9.17) is 11.5 Å². The minimum absolute atomic E-state index is 0.00989. The molecule has 0 aromatic carbocycles. The molecule has 0 saturated heterocycles. The number of quaternary nitrogens is 1. The summed E-state index contributed by atoms with van der Waals surface area (Å²) in [5.74, 6) is -0.426. The monoisotopic (exact) mass is 538 g/mol. The van der Waals surface area contributed by atoms with Gasteiger partial charge >= 0.3 is 5.91 Å².